The molecule has 0 fully saturated rings. The molecule has 0 saturated heterocycles. The SMILES string of the molecule is CCN(c1ccc(C)cc1)c1ccc(C(C)O)cn1. The number of benzene rings is 1. The third kappa shape index (κ3) is 3.12. The van der Waals surface area contributed by atoms with E-state index in [9.17, 15) is 5.11 Å². The first-order chi connectivity index (χ1) is 9.11. The molecule has 3 nitrogen and oxygen atoms in total. The molecule has 0 bridgehead atoms. The fourth-order valence-electron chi connectivity index (χ4n) is 2.01. The summed E-state index contributed by atoms with van der Waals surface area (Å²) in [5.41, 5.74) is 3.21. The molecule has 1 atom stereocenters. The van der Waals surface area contributed by atoms with Gasteiger partial charge in [-0.25, -0.2) is 4.98 Å². The van der Waals surface area contributed by atoms with Gasteiger partial charge in [-0.15, -0.1) is 0 Å². The summed E-state index contributed by atoms with van der Waals surface area (Å²) in [5.74, 6) is 0.899. The number of rotatable bonds is 4. The molecule has 0 spiro atoms. The normalized spacial score (nSPS) is 12.2. The van der Waals surface area contributed by atoms with E-state index >= 15 is 0 Å². The Morgan fingerprint density at radius 3 is 2.32 bits per heavy atom. The molecule has 1 unspecified atom stereocenters. The lowest BCUT2D eigenvalue weighted by Gasteiger charge is -2.22. The highest BCUT2D eigenvalue weighted by molar-refractivity contribution is 5.60. The van der Waals surface area contributed by atoms with Crippen LogP contribution in [0.15, 0.2) is 42.6 Å². The van der Waals surface area contributed by atoms with E-state index in [1.54, 1.807) is 13.1 Å². The second-order valence-electron chi connectivity index (χ2n) is 4.71. The van der Waals surface area contributed by atoms with Crippen molar-refractivity contribution >= 4 is 11.5 Å². The largest absolute Gasteiger partial charge is 0.389 e. The fraction of sp³-hybridized carbons (Fsp3) is 0.312. The number of pyridine rings is 1. The van der Waals surface area contributed by atoms with Crippen LogP contribution in [0.25, 0.3) is 0 Å². The summed E-state index contributed by atoms with van der Waals surface area (Å²) in [6.45, 7) is 6.78. The van der Waals surface area contributed by atoms with Crippen LogP contribution < -0.4 is 4.90 Å². The van der Waals surface area contributed by atoms with Gasteiger partial charge in [-0.05, 0) is 44.5 Å². The summed E-state index contributed by atoms with van der Waals surface area (Å²) in [6, 6.07) is 12.3. The number of aliphatic hydroxyl groups excluding tert-OH is 1. The topological polar surface area (TPSA) is 36.4 Å². The van der Waals surface area contributed by atoms with Crippen molar-refractivity contribution in [3.05, 3.63) is 53.7 Å². The zero-order chi connectivity index (χ0) is 13.8. The smallest absolute Gasteiger partial charge is 0.132 e. The lowest BCUT2D eigenvalue weighted by Crippen LogP contribution is -2.17. The number of hydrogen-bond donors (Lipinski definition) is 1. The number of anilines is 2. The maximum atomic E-state index is 9.50. The van der Waals surface area contributed by atoms with Gasteiger partial charge in [0.15, 0.2) is 0 Å². The van der Waals surface area contributed by atoms with Crippen LogP contribution in [0.3, 0.4) is 0 Å². The van der Waals surface area contributed by atoms with Crippen LogP contribution in [0.4, 0.5) is 11.5 Å². The highest BCUT2D eigenvalue weighted by Crippen LogP contribution is 2.24. The predicted octanol–water partition coefficient (Wildman–Crippen LogP) is 3.60. The summed E-state index contributed by atoms with van der Waals surface area (Å²) in [6.07, 6.45) is 1.26. The molecule has 0 radical (unpaired) electrons. The van der Waals surface area contributed by atoms with E-state index in [2.05, 4.69) is 48.0 Å². The van der Waals surface area contributed by atoms with Crippen LogP contribution in [0, 0.1) is 6.92 Å². The zero-order valence-corrected chi connectivity index (χ0v) is 11.7. The highest BCUT2D eigenvalue weighted by Gasteiger charge is 2.09. The van der Waals surface area contributed by atoms with Crippen molar-refractivity contribution in [3.63, 3.8) is 0 Å². The molecule has 100 valence electrons. The van der Waals surface area contributed by atoms with Crippen molar-refractivity contribution in [2.75, 3.05) is 11.4 Å². The first kappa shape index (κ1) is 13.6. The monoisotopic (exact) mass is 256 g/mol. The van der Waals surface area contributed by atoms with Crippen molar-refractivity contribution in [1.82, 2.24) is 4.98 Å². The molecular formula is C16H20N2O. The molecule has 0 aliphatic rings. The second kappa shape index (κ2) is 5.85. The molecule has 1 N–H and O–H groups in total. The molecule has 3 heteroatoms. The average Bonchev–Trinajstić information content (AvgIpc) is 2.42. The Kier molecular flexibility index (Phi) is 4.17. The minimum Gasteiger partial charge on any atom is -0.389 e. The van der Waals surface area contributed by atoms with Crippen molar-refractivity contribution in [3.8, 4) is 0 Å². The Labute approximate surface area is 114 Å². The van der Waals surface area contributed by atoms with Gasteiger partial charge in [0.2, 0.25) is 0 Å². The van der Waals surface area contributed by atoms with Crippen LogP contribution >= 0.6 is 0 Å². The van der Waals surface area contributed by atoms with E-state index < -0.39 is 6.10 Å². The first-order valence-corrected chi connectivity index (χ1v) is 6.60. The van der Waals surface area contributed by atoms with Crippen LogP contribution in [0.5, 0.6) is 0 Å². The summed E-state index contributed by atoms with van der Waals surface area (Å²) in [5, 5.41) is 9.50. The third-order valence-electron chi connectivity index (χ3n) is 3.19. The molecule has 0 aliphatic heterocycles. The van der Waals surface area contributed by atoms with Crippen molar-refractivity contribution in [1.29, 1.82) is 0 Å². The molecule has 0 saturated carbocycles. The van der Waals surface area contributed by atoms with Crippen LogP contribution in [-0.2, 0) is 0 Å². The Morgan fingerprint density at radius 1 is 1.16 bits per heavy atom. The average molecular weight is 256 g/mol. The van der Waals surface area contributed by atoms with Crippen molar-refractivity contribution in [2.24, 2.45) is 0 Å². The Bertz CT molecular complexity index is 517. The molecule has 1 aromatic carbocycles. The van der Waals surface area contributed by atoms with Crippen molar-refractivity contribution in [2.45, 2.75) is 26.9 Å². The van der Waals surface area contributed by atoms with Crippen LogP contribution in [0.1, 0.15) is 31.1 Å². The van der Waals surface area contributed by atoms with E-state index in [0.29, 0.717) is 0 Å². The lowest BCUT2D eigenvalue weighted by atomic mass is 10.2. The second-order valence-corrected chi connectivity index (χ2v) is 4.71. The number of aromatic nitrogens is 1. The van der Waals surface area contributed by atoms with Gasteiger partial charge in [-0.2, -0.15) is 0 Å². The molecule has 1 heterocycles. The standard InChI is InChI=1S/C16H20N2O/c1-4-18(15-8-5-12(2)6-9-15)16-10-7-14(11-17-16)13(3)19/h5-11,13,19H,4H2,1-3H3. The van der Waals surface area contributed by atoms with Gasteiger partial charge in [-0.1, -0.05) is 23.8 Å². The molecule has 2 aromatic rings. The predicted molar refractivity (Wildman–Crippen MR) is 78.7 cm³/mol. The molecule has 0 amide bonds. The van der Waals surface area contributed by atoms with Gasteiger partial charge in [0.05, 0.1) is 6.10 Å². The zero-order valence-electron chi connectivity index (χ0n) is 11.7. The van der Waals surface area contributed by atoms with Crippen LogP contribution in [0.2, 0.25) is 0 Å². The summed E-state index contributed by atoms with van der Waals surface area (Å²) in [7, 11) is 0. The van der Waals surface area contributed by atoms with E-state index in [0.717, 1.165) is 23.6 Å². The van der Waals surface area contributed by atoms with Gasteiger partial charge in [0, 0.05) is 18.4 Å². The van der Waals surface area contributed by atoms with E-state index in [-0.39, 0.29) is 0 Å². The number of aryl methyl sites for hydroxylation is 1. The molecule has 0 aliphatic carbocycles. The van der Waals surface area contributed by atoms with E-state index in [1.807, 2.05) is 12.1 Å². The number of hydrogen-bond acceptors (Lipinski definition) is 3. The molecule has 2 rings (SSSR count). The Balaban J connectivity index is 2.28. The van der Waals surface area contributed by atoms with Gasteiger partial charge in [-0.3, -0.25) is 0 Å². The van der Waals surface area contributed by atoms with E-state index in [4.69, 9.17) is 0 Å². The molecule has 1 aromatic heterocycles. The molecule has 19 heavy (non-hydrogen) atoms. The first-order valence-electron chi connectivity index (χ1n) is 6.60. The van der Waals surface area contributed by atoms with Crippen LogP contribution in [-0.4, -0.2) is 16.6 Å². The quantitative estimate of drug-likeness (QED) is 0.908. The lowest BCUT2D eigenvalue weighted by molar-refractivity contribution is 0.199. The van der Waals surface area contributed by atoms with Crippen molar-refractivity contribution < 1.29 is 5.11 Å². The highest BCUT2D eigenvalue weighted by atomic mass is 16.3. The third-order valence-corrected chi connectivity index (χ3v) is 3.19. The van der Waals surface area contributed by atoms with Gasteiger partial charge in [0.1, 0.15) is 5.82 Å². The minimum atomic E-state index is -0.476. The Hall–Kier alpha value is -1.87. The summed E-state index contributed by atoms with van der Waals surface area (Å²) in [4.78, 5) is 6.58. The maximum absolute atomic E-state index is 9.50. The number of aliphatic hydroxyl groups is 1. The van der Waals surface area contributed by atoms with Gasteiger partial charge < -0.3 is 10.0 Å². The Morgan fingerprint density at radius 2 is 1.84 bits per heavy atom. The maximum Gasteiger partial charge on any atom is 0.132 e. The van der Waals surface area contributed by atoms with Gasteiger partial charge in [0.25, 0.3) is 0 Å². The summed E-state index contributed by atoms with van der Waals surface area (Å²) < 4.78 is 0. The number of nitrogens with zero attached hydrogens (tertiary/aromatic N) is 2. The fourth-order valence-corrected chi connectivity index (χ4v) is 2.01. The molecular weight excluding hydrogens is 236 g/mol. The minimum absolute atomic E-state index is 0.476. The summed E-state index contributed by atoms with van der Waals surface area (Å²) >= 11 is 0. The van der Waals surface area contributed by atoms with E-state index in [1.165, 1.54) is 5.56 Å². The van der Waals surface area contributed by atoms with Gasteiger partial charge >= 0.3 is 0 Å².